The highest BCUT2D eigenvalue weighted by Crippen LogP contribution is 2.32. The van der Waals surface area contributed by atoms with Crippen molar-refractivity contribution in [1.82, 2.24) is 9.13 Å². The average molecular weight is 406 g/mol. The van der Waals surface area contributed by atoms with Crippen LogP contribution >= 0.6 is 0 Å². The number of nitrogens with zero attached hydrogens (tertiary/aromatic N) is 3. The molecule has 3 aromatic rings. The summed E-state index contributed by atoms with van der Waals surface area (Å²) < 4.78 is 2.73. The monoisotopic (exact) mass is 406 g/mol. The van der Waals surface area contributed by atoms with Crippen molar-refractivity contribution in [2.24, 2.45) is 14.1 Å². The number of nitrogens with one attached hydrogen (secondary N) is 1. The van der Waals surface area contributed by atoms with Gasteiger partial charge in [-0.25, -0.2) is 0 Å². The molecule has 0 spiro atoms. The Bertz CT molecular complexity index is 1230. The van der Waals surface area contributed by atoms with Crippen molar-refractivity contribution in [3.05, 3.63) is 68.2 Å². The highest BCUT2D eigenvalue weighted by Gasteiger charge is 2.20. The van der Waals surface area contributed by atoms with Crippen molar-refractivity contribution in [1.29, 1.82) is 0 Å². The van der Waals surface area contributed by atoms with Gasteiger partial charge in [-0.05, 0) is 50.5 Å². The molecule has 1 amide bonds. The van der Waals surface area contributed by atoms with Gasteiger partial charge in [0, 0.05) is 32.7 Å². The van der Waals surface area contributed by atoms with Crippen LogP contribution in [0.3, 0.4) is 0 Å². The van der Waals surface area contributed by atoms with Gasteiger partial charge in [-0.3, -0.25) is 14.4 Å². The number of aromatic nitrogens is 2. The Morgan fingerprint density at radius 1 is 0.867 bits per heavy atom. The van der Waals surface area contributed by atoms with Crippen molar-refractivity contribution in [3.63, 3.8) is 0 Å². The lowest BCUT2D eigenvalue weighted by Crippen LogP contribution is -2.39. The van der Waals surface area contributed by atoms with E-state index in [1.54, 1.807) is 32.3 Å². The summed E-state index contributed by atoms with van der Waals surface area (Å²) in [4.78, 5) is 39.8. The van der Waals surface area contributed by atoms with Crippen LogP contribution in [0.25, 0.3) is 11.0 Å². The molecule has 2 heterocycles. The Morgan fingerprint density at radius 2 is 1.43 bits per heavy atom. The van der Waals surface area contributed by atoms with Crippen molar-refractivity contribution >= 4 is 28.3 Å². The average Bonchev–Trinajstić information content (AvgIpc) is 2.77. The van der Waals surface area contributed by atoms with Crippen LogP contribution in [0.1, 0.15) is 35.2 Å². The number of amides is 1. The summed E-state index contributed by atoms with van der Waals surface area (Å²) in [6, 6.07) is 11.1. The summed E-state index contributed by atoms with van der Waals surface area (Å²) in [6.07, 6.45) is 3.34. The minimum absolute atomic E-state index is 0.206. The zero-order valence-electron chi connectivity index (χ0n) is 17.6. The molecule has 1 fully saturated rings. The molecule has 1 N–H and O–H groups in total. The SMILES string of the molecule is Cc1ccc(C(=O)Nc2cc3c(cc2N2CCCCC2)n(C)c(=O)c(=O)n3C)cc1. The largest absolute Gasteiger partial charge is 0.370 e. The molecule has 1 saturated heterocycles. The highest BCUT2D eigenvalue weighted by molar-refractivity contribution is 6.07. The zero-order chi connectivity index (χ0) is 21.4. The molecule has 1 aromatic heterocycles. The molecule has 156 valence electrons. The van der Waals surface area contributed by atoms with Crippen molar-refractivity contribution < 1.29 is 4.79 Å². The second kappa shape index (κ2) is 7.82. The molecule has 4 rings (SSSR count). The number of aryl methyl sites for hydroxylation is 3. The van der Waals surface area contributed by atoms with E-state index in [9.17, 15) is 14.4 Å². The molecule has 0 radical (unpaired) electrons. The predicted octanol–water partition coefficient (Wildman–Crippen LogP) is 2.79. The first-order valence-corrected chi connectivity index (χ1v) is 10.2. The maximum Gasteiger partial charge on any atom is 0.316 e. The second-order valence-electron chi connectivity index (χ2n) is 7.95. The minimum Gasteiger partial charge on any atom is -0.370 e. The van der Waals surface area contributed by atoms with Gasteiger partial charge in [0.2, 0.25) is 0 Å². The Morgan fingerprint density at radius 3 is 2.03 bits per heavy atom. The maximum absolute atomic E-state index is 12.9. The number of carbonyl (C=O) groups excluding carboxylic acids is 1. The van der Waals surface area contributed by atoms with Crippen LogP contribution in [0, 0.1) is 6.92 Å². The Kier molecular flexibility index (Phi) is 5.20. The number of piperidine rings is 1. The van der Waals surface area contributed by atoms with E-state index in [2.05, 4.69) is 10.2 Å². The van der Waals surface area contributed by atoms with Gasteiger partial charge >= 0.3 is 11.1 Å². The highest BCUT2D eigenvalue weighted by atomic mass is 16.2. The second-order valence-corrected chi connectivity index (χ2v) is 7.95. The van der Waals surface area contributed by atoms with Crippen LogP contribution in [0.5, 0.6) is 0 Å². The lowest BCUT2D eigenvalue weighted by atomic mass is 10.1. The van der Waals surface area contributed by atoms with Crippen LogP contribution in [0.4, 0.5) is 11.4 Å². The molecule has 2 aromatic carbocycles. The van der Waals surface area contributed by atoms with Crippen LogP contribution in [0.15, 0.2) is 46.0 Å². The minimum atomic E-state index is -0.591. The third-order valence-corrected chi connectivity index (χ3v) is 5.87. The standard InChI is InChI=1S/C23H26N4O3/c1-15-7-9-16(10-8-15)21(28)24-17-13-19-20(26(3)23(30)22(29)25(19)2)14-18(17)27-11-5-4-6-12-27/h7-10,13-14H,4-6,11-12H2,1-3H3,(H,24,28). The molecule has 0 atom stereocenters. The fourth-order valence-electron chi connectivity index (χ4n) is 4.00. The number of anilines is 2. The number of hydrogen-bond acceptors (Lipinski definition) is 4. The molecule has 0 saturated carbocycles. The summed E-state index contributed by atoms with van der Waals surface area (Å²) in [7, 11) is 3.19. The molecular formula is C23H26N4O3. The lowest BCUT2D eigenvalue weighted by molar-refractivity contribution is 0.102. The molecule has 1 aliphatic rings. The van der Waals surface area contributed by atoms with Gasteiger partial charge < -0.3 is 19.4 Å². The molecule has 0 bridgehead atoms. The van der Waals surface area contributed by atoms with Crippen LogP contribution < -0.4 is 21.3 Å². The van der Waals surface area contributed by atoms with Crippen molar-refractivity contribution in [2.75, 3.05) is 23.3 Å². The summed E-state index contributed by atoms with van der Waals surface area (Å²) in [5.41, 5.74) is 3.28. The summed E-state index contributed by atoms with van der Waals surface area (Å²) in [5.74, 6) is -0.206. The van der Waals surface area contributed by atoms with E-state index in [0.717, 1.165) is 37.2 Å². The molecule has 0 unspecified atom stereocenters. The molecular weight excluding hydrogens is 380 g/mol. The maximum atomic E-state index is 12.9. The summed E-state index contributed by atoms with van der Waals surface area (Å²) in [5, 5.41) is 3.03. The molecule has 0 aliphatic carbocycles. The summed E-state index contributed by atoms with van der Waals surface area (Å²) >= 11 is 0. The Hall–Kier alpha value is -3.35. The topological polar surface area (TPSA) is 76.3 Å². The molecule has 7 heteroatoms. The first-order valence-electron chi connectivity index (χ1n) is 10.2. The van der Waals surface area contributed by atoms with Gasteiger partial charge in [-0.2, -0.15) is 0 Å². The molecule has 1 aliphatic heterocycles. The van der Waals surface area contributed by atoms with Gasteiger partial charge in [0.25, 0.3) is 5.91 Å². The molecule has 30 heavy (non-hydrogen) atoms. The van der Waals surface area contributed by atoms with Gasteiger partial charge in [0.05, 0.1) is 22.4 Å². The van der Waals surface area contributed by atoms with Gasteiger partial charge in [-0.1, -0.05) is 17.7 Å². The van der Waals surface area contributed by atoms with E-state index >= 15 is 0 Å². The lowest BCUT2D eigenvalue weighted by Gasteiger charge is -2.31. The summed E-state index contributed by atoms with van der Waals surface area (Å²) in [6.45, 7) is 3.75. The van der Waals surface area contributed by atoms with Crippen LogP contribution in [-0.4, -0.2) is 28.1 Å². The first-order chi connectivity index (χ1) is 14.4. The zero-order valence-corrected chi connectivity index (χ0v) is 17.6. The van der Waals surface area contributed by atoms with Crippen LogP contribution in [-0.2, 0) is 14.1 Å². The van der Waals surface area contributed by atoms with Gasteiger partial charge in [0.1, 0.15) is 0 Å². The first kappa shape index (κ1) is 19.9. The number of rotatable bonds is 3. The predicted molar refractivity (Wildman–Crippen MR) is 120 cm³/mol. The fraction of sp³-hybridized carbons (Fsp3) is 0.348. The van der Waals surface area contributed by atoms with Gasteiger partial charge in [-0.15, -0.1) is 0 Å². The quantitative estimate of drug-likeness (QED) is 0.679. The smallest absolute Gasteiger partial charge is 0.316 e. The van der Waals surface area contributed by atoms with Crippen LogP contribution in [0.2, 0.25) is 0 Å². The fourth-order valence-corrected chi connectivity index (χ4v) is 4.00. The van der Waals surface area contributed by atoms with E-state index < -0.39 is 11.1 Å². The number of carbonyl (C=O) groups is 1. The van der Waals surface area contributed by atoms with E-state index in [4.69, 9.17) is 0 Å². The van der Waals surface area contributed by atoms with E-state index in [1.807, 2.05) is 25.1 Å². The third kappa shape index (κ3) is 3.51. The normalized spacial score (nSPS) is 14.2. The third-order valence-electron chi connectivity index (χ3n) is 5.87. The van der Waals surface area contributed by atoms with E-state index in [0.29, 0.717) is 22.3 Å². The van der Waals surface area contributed by atoms with Crippen molar-refractivity contribution in [2.45, 2.75) is 26.2 Å². The Labute approximate surface area is 174 Å². The van der Waals surface area contributed by atoms with E-state index in [1.165, 1.54) is 15.6 Å². The van der Waals surface area contributed by atoms with Gasteiger partial charge in [0.15, 0.2) is 0 Å². The van der Waals surface area contributed by atoms with Crippen molar-refractivity contribution in [3.8, 4) is 0 Å². The number of fused-ring (bicyclic) bond motifs is 1. The number of benzene rings is 2. The number of hydrogen-bond donors (Lipinski definition) is 1. The Balaban J connectivity index is 1.87. The molecule has 7 nitrogen and oxygen atoms in total. The van der Waals surface area contributed by atoms with E-state index in [-0.39, 0.29) is 5.91 Å².